The number of hydrogen-bond donors (Lipinski definition) is 6. The number of aliphatic hydroxyl groups excluding tert-OH is 3. The second kappa shape index (κ2) is 20.9. The van der Waals surface area contributed by atoms with Crippen molar-refractivity contribution in [3.63, 3.8) is 0 Å². The van der Waals surface area contributed by atoms with Gasteiger partial charge in [-0.25, -0.2) is 0 Å². The number of aliphatic hydroxyl groups is 3. The van der Waals surface area contributed by atoms with Gasteiger partial charge in [0.1, 0.15) is 0 Å². The highest BCUT2D eigenvalue weighted by atomic mass is 32.2. The third kappa shape index (κ3) is 58.4. The second-order valence-corrected chi connectivity index (χ2v) is 10.6. The summed E-state index contributed by atoms with van der Waals surface area (Å²) in [6.07, 6.45) is 3.93. The van der Waals surface area contributed by atoms with Crippen LogP contribution < -0.4 is 0 Å². The Morgan fingerprint density at radius 2 is 0.897 bits per heavy atom. The van der Waals surface area contributed by atoms with Crippen molar-refractivity contribution in [3.05, 3.63) is 0 Å². The predicted octanol–water partition coefficient (Wildman–Crippen LogP) is -0.0353. The van der Waals surface area contributed by atoms with Gasteiger partial charge in [-0.2, -0.15) is 25.3 Å². The molecule has 0 fully saturated rings. The Morgan fingerprint density at radius 1 is 0.621 bits per heavy atom. The van der Waals surface area contributed by atoms with E-state index in [1.54, 1.807) is 0 Å². The van der Waals surface area contributed by atoms with Crippen LogP contribution in [0.2, 0.25) is 0 Å². The van der Waals surface area contributed by atoms with Crippen molar-refractivity contribution in [1.29, 1.82) is 0 Å². The highest BCUT2D eigenvalue weighted by Gasteiger charge is 2.00. The first-order chi connectivity index (χ1) is 13.0. The largest absolute Gasteiger partial charge is 0.396 e. The van der Waals surface area contributed by atoms with Crippen LogP contribution >= 0.6 is 0 Å². The summed E-state index contributed by atoms with van der Waals surface area (Å²) in [5.74, 6) is -0.604. The van der Waals surface area contributed by atoms with E-state index in [0.717, 1.165) is 25.7 Å². The van der Waals surface area contributed by atoms with Crippen LogP contribution in [0.3, 0.4) is 0 Å². The van der Waals surface area contributed by atoms with Crippen molar-refractivity contribution in [3.8, 4) is 0 Å². The fraction of sp³-hybridized carbons (Fsp3) is 1.00. The van der Waals surface area contributed by atoms with E-state index in [4.69, 9.17) is 29.0 Å². The van der Waals surface area contributed by atoms with Gasteiger partial charge < -0.3 is 15.3 Å². The lowest BCUT2D eigenvalue weighted by Gasteiger charge is -2.05. The fourth-order valence-electron chi connectivity index (χ4n) is 0.937. The van der Waals surface area contributed by atoms with Crippen molar-refractivity contribution in [1.82, 2.24) is 0 Å². The van der Waals surface area contributed by atoms with Crippen LogP contribution in [-0.4, -0.2) is 90.8 Å². The van der Waals surface area contributed by atoms with Gasteiger partial charge in [0.25, 0.3) is 30.4 Å². The van der Waals surface area contributed by atoms with Gasteiger partial charge in [0.05, 0.1) is 30.0 Å². The highest BCUT2D eigenvalue weighted by Crippen LogP contribution is 2.04. The van der Waals surface area contributed by atoms with Crippen molar-refractivity contribution in [2.45, 2.75) is 59.0 Å². The molecule has 0 aliphatic rings. The van der Waals surface area contributed by atoms with E-state index in [2.05, 4.69) is 0 Å². The molecule has 0 heterocycles. The number of unbranched alkanes of at least 4 members (excludes halogenated alkanes) is 3. The molecule has 6 N–H and O–H groups in total. The highest BCUT2D eigenvalue weighted by molar-refractivity contribution is 7.86. The fourth-order valence-corrected chi connectivity index (χ4v) is 0.937. The van der Waals surface area contributed by atoms with E-state index in [1.165, 1.54) is 20.8 Å². The lowest BCUT2D eigenvalue weighted by Crippen LogP contribution is -2.10. The molecule has 182 valence electrons. The molecule has 0 saturated carbocycles. The lowest BCUT2D eigenvalue weighted by atomic mass is 10.1. The zero-order chi connectivity index (χ0) is 24.1. The topological polar surface area (TPSA) is 224 Å². The Labute approximate surface area is 174 Å². The standard InChI is InChI=1S/C8H18O3.3C2H6O3S/c9-6-4-2-1-3-5-8(11)7-10;3*1-2-6(3,4)5/h8-11H,1-7H2;3*2H2,1H3,(H,3,4,5). The summed E-state index contributed by atoms with van der Waals surface area (Å²) in [6.45, 7) is 4.22. The number of hydrogen-bond acceptors (Lipinski definition) is 9. The van der Waals surface area contributed by atoms with Crippen LogP contribution in [0.1, 0.15) is 52.9 Å². The Balaban J connectivity index is -0.000000151. The summed E-state index contributed by atoms with van der Waals surface area (Å²) in [4.78, 5) is 0. The van der Waals surface area contributed by atoms with Gasteiger partial charge in [0.2, 0.25) is 0 Å². The molecule has 0 amide bonds. The second-order valence-electron chi connectivity index (χ2n) is 5.37. The van der Waals surface area contributed by atoms with E-state index in [9.17, 15) is 25.3 Å². The summed E-state index contributed by atoms with van der Waals surface area (Å²) >= 11 is 0. The average Bonchev–Trinajstić information content (AvgIpc) is 2.61. The zero-order valence-corrected chi connectivity index (χ0v) is 19.5. The first kappa shape index (κ1) is 36.0. The molecule has 0 aromatic carbocycles. The molecule has 0 spiro atoms. The van der Waals surface area contributed by atoms with E-state index in [-0.39, 0.29) is 30.5 Å². The molecule has 15 heteroatoms. The first-order valence-corrected chi connectivity index (χ1v) is 13.6. The average molecular weight is 493 g/mol. The summed E-state index contributed by atoms with van der Waals surface area (Å²) in [5, 5.41) is 25.8. The van der Waals surface area contributed by atoms with Gasteiger partial charge in [0, 0.05) is 6.61 Å². The molecule has 0 aliphatic heterocycles. The maximum absolute atomic E-state index is 9.56. The Bertz CT molecular complexity index is 565. The molecular formula is C14H36O12S3. The van der Waals surface area contributed by atoms with Crippen LogP contribution in [-0.2, 0) is 30.4 Å². The van der Waals surface area contributed by atoms with E-state index >= 15 is 0 Å². The Hall–Kier alpha value is -0.390. The van der Waals surface area contributed by atoms with E-state index in [1.807, 2.05) is 0 Å². The van der Waals surface area contributed by atoms with Gasteiger partial charge in [-0.3, -0.25) is 13.7 Å². The minimum atomic E-state index is -3.66. The van der Waals surface area contributed by atoms with Gasteiger partial charge >= 0.3 is 0 Å². The minimum Gasteiger partial charge on any atom is -0.396 e. The Morgan fingerprint density at radius 3 is 1.10 bits per heavy atom. The summed E-state index contributed by atoms with van der Waals surface area (Å²) in [6, 6.07) is 0. The molecule has 0 bridgehead atoms. The summed E-state index contributed by atoms with van der Waals surface area (Å²) < 4.78 is 80.7. The normalized spacial score (nSPS) is 12.3. The van der Waals surface area contributed by atoms with Gasteiger partial charge in [-0.1, -0.05) is 19.3 Å². The van der Waals surface area contributed by atoms with Crippen molar-refractivity contribution in [2.24, 2.45) is 0 Å². The minimum absolute atomic E-state index is 0.139. The Kier molecular flexibility index (Phi) is 25.9. The maximum Gasteiger partial charge on any atom is 0.264 e. The van der Waals surface area contributed by atoms with Gasteiger partial charge in [-0.05, 0) is 33.6 Å². The van der Waals surface area contributed by atoms with Crippen LogP contribution in [0.25, 0.3) is 0 Å². The molecule has 0 aromatic rings. The van der Waals surface area contributed by atoms with E-state index in [0.29, 0.717) is 6.42 Å². The summed E-state index contributed by atoms with van der Waals surface area (Å²) in [5.41, 5.74) is 0. The number of rotatable bonds is 10. The lowest BCUT2D eigenvalue weighted by molar-refractivity contribution is 0.0859. The molecule has 0 aliphatic carbocycles. The molecule has 0 radical (unpaired) electrons. The maximum atomic E-state index is 9.56. The van der Waals surface area contributed by atoms with Crippen molar-refractivity contribution < 1.29 is 54.2 Å². The van der Waals surface area contributed by atoms with Crippen LogP contribution in [0.15, 0.2) is 0 Å². The van der Waals surface area contributed by atoms with Crippen molar-refractivity contribution >= 4 is 30.4 Å². The zero-order valence-electron chi connectivity index (χ0n) is 17.0. The monoisotopic (exact) mass is 492 g/mol. The quantitative estimate of drug-likeness (QED) is 0.174. The smallest absolute Gasteiger partial charge is 0.264 e. The van der Waals surface area contributed by atoms with Crippen LogP contribution in [0.4, 0.5) is 0 Å². The SMILES string of the molecule is CCS(=O)(=O)O.CCS(=O)(=O)O.CCS(=O)(=O)O.OCCCCCCC(O)CO. The van der Waals surface area contributed by atoms with Gasteiger partial charge in [-0.15, -0.1) is 0 Å². The summed E-state index contributed by atoms with van der Waals surface area (Å²) in [7, 11) is -11.0. The molecule has 1 atom stereocenters. The molecule has 0 saturated heterocycles. The molecule has 29 heavy (non-hydrogen) atoms. The van der Waals surface area contributed by atoms with Gasteiger partial charge in [0.15, 0.2) is 0 Å². The predicted molar refractivity (Wildman–Crippen MR) is 110 cm³/mol. The third-order valence-corrected chi connectivity index (χ3v) is 4.94. The van der Waals surface area contributed by atoms with Crippen LogP contribution in [0, 0.1) is 0 Å². The molecule has 0 rings (SSSR count). The molecular weight excluding hydrogens is 456 g/mol. The van der Waals surface area contributed by atoms with E-state index < -0.39 is 36.5 Å². The first-order valence-electron chi connectivity index (χ1n) is 8.74. The molecule has 1 unspecified atom stereocenters. The van der Waals surface area contributed by atoms with Crippen molar-refractivity contribution in [2.75, 3.05) is 30.5 Å². The molecule has 12 nitrogen and oxygen atoms in total. The molecule has 0 aromatic heterocycles. The van der Waals surface area contributed by atoms with Crippen LogP contribution in [0.5, 0.6) is 0 Å². The third-order valence-electron chi connectivity index (χ3n) is 2.75.